The molecular weight excluding hydrogens is 321 g/mol. The highest BCUT2D eigenvalue weighted by atomic mass is 19.1. The van der Waals surface area contributed by atoms with Crippen LogP contribution in [0.15, 0.2) is 30.3 Å². The average molecular weight is 345 g/mol. The molecule has 5 nitrogen and oxygen atoms in total. The molecule has 3 rings (SSSR count). The quantitative estimate of drug-likeness (QED) is 0.858. The standard InChI is InChI=1S/C19H24FN3O2/c1-12(2)17-11-16(21-22(17)4)19(24)23-8-9-25-18(13(23)3)14-6-5-7-15(20)10-14/h5-7,10-13,18H,8-9H2,1-4H3/t13-,18+/m1/s1. The van der Waals surface area contributed by atoms with Crippen molar-refractivity contribution in [1.82, 2.24) is 14.7 Å². The Balaban J connectivity index is 1.84. The molecule has 0 N–H and O–H groups in total. The fourth-order valence-corrected chi connectivity index (χ4v) is 3.40. The maximum absolute atomic E-state index is 13.5. The summed E-state index contributed by atoms with van der Waals surface area (Å²) in [5.41, 5.74) is 2.21. The molecule has 0 spiro atoms. The molecule has 0 saturated carbocycles. The molecule has 1 aromatic carbocycles. The number of hydrogen-bond donors (Lipinski definition) is 0. The number of rotatable bonds is 3. The van der Waals surface area contributed by atoms with Crippen LogP contribution < -0.4 is 0 Å². The lowest BCUT2D eigenvalue weighted by atomic mass is 10.00. The minimum Gasteiger partial charge on any atom is -0.370 e. The normalized spacial score (nSPS) is 21.0. The number of aryl methyl sites for hydroxylation is 1. The zero-order valence-electron chi connectivity index (χ0n) is 15.1. The molecule has 1 aliphatic rings. The van der Waals surface area contributed by atoms with E-state index in [0.29, 0.717) is 24.8 Å². The molecule has 134 valence electrons. The summed E-state index contributed by atoms with van der Waals surface area (Å²) >= 11 is 0. The molecular formula is C19H24FN3O2. The Labute approximate surface area is 147 Å². The molecule has 2 heterocycles. The molecule has 25 heavy (non-hydrogen) atoms. The molecule has 1 aromatic heterocycles. The highest BCUT2D eigenvalue weighted by Gasteiger charge is 2.34. The van der Waals surface area contributed by atoms with Crippen LogP contribution in [-0.4, -0.2) is 39.8 Å². The van der Waals surface area contributed by atoms with Gasteiger partial charge in [0.1, 0.15) is 11.9 Å². The molecule has 1 saturated heterocycles. The number of ether oxygens (including phenoxy) is 1. The van der Waals surface area contributed by atoms with Crippen molar-refractivity contribution < 1.29 is 13.9 Å². The summed E-state index contributed by atoms with van der Waals surface area (Å²) in [5.74, 6) is -0.121. The van der Waals surface area contributed by atoms with Gasteiger partial charge in [0, 0.05) is 19.3 Å². The van der Waals surface area contributed by atoms with Gasteiger partial charge in [-0.3, -0.25) is 9.48 Å². The maximum atomic E-state index is 13.5. The number of benzene rings is 1. The first-order valence-corrected chi connectivity index (χ1v) is 8.60. The van der Waals surface area contributed by atoms with Crippen molar-refractivity contribution in [1.29, 1.82) is 0 Å². The number of carbonyl (C=O) groups is 1. The van der Waals surface area contributed by atoms with E-state index in [1.807, 2.05) is 26.1 Å². The Hall–Kier alpha value is -2.21. The third-order valence-corrected chi connectivity index (χ3v) is 4.72. The number of amides is 1. The van der Waals surface area contributed by atoms with E-state index in [1.165, 1.54) is 12.1 Å². The summed E-state index contributed by atoms with van der Waals surface area (Å²) in [6.45, 7) is 6.99. The van der Waals surface area contributed by atoms with E-state index < -0.39 is 0 Å². The number of carbonyl (C=O) groups excluding carboxylic acids is 1. The fourth-order valence-electron chi connectivity index (χ4n) is 3.40. The summed E-state index contributed by atoms with van der Waals surface area (Å²) in [6, 6.07) is 8.01. The first-order chi connectivity index (χ1) is 11.9. The van der Waals surface area contributed by atoms with Crippen molar-refractivity contribution in [3.05, 3.63) is 53.1 Å². The lowest BCUT2D eigenvalue weighted by Crippen LogP contribution is -2.48. The highest BCUT2D eigenvalue weighted by Crippen LogP contribution is 2.30. The van der Waals surface area contributed by atoms with Gasteiger partial charge < -0.3 is 9.64 Å². The third-order valence-electron chi connectivity index (χ3n) is 4.72. The minimum atomic E-state index is -0.346. The number of hydrogen-bond acceptors (Lipinski definition) is 3. The summed E-state index contributed by atoms with van der Waals surface area (Å²) in [7, 11) is 1.85. The second kappa shape index (κ2) is 6.96. The van der Waals surface area contributed by atoms with Gasteiger partial charge in [0.25, 0.3) is 5.91 Å². The molecule has 0 unspecified atom stereocenters. The number of halogens is 1. The lowest BCUT2D eigenvalue weighted by molar-refractivity contribution is -0.0554. The minimum absolute atomic E-state index is 0.111. The highest BCUT2D eigenvalue weighted by molar-refractivity contribution is 5.92. The van der Waals surface area contributed by atoms with Gasteiger partial charge >= 0.3 is 0 Å². The van der Waals surface area contributed by atoms with Gasteiger partial charge in [-0.15, -0.1) is 0 Å². The van der Waals surface area contributed by atoms with Crippen LogP contribution in [0.2, 0.25) is 0 Å². The lowest BCUT2D eigenvalue weighted by Gasteiger charge is -2.39. The van der Waals surface area contributed by atoms with Crippen molar-refractivity contribution in [2.24, 2.45) is 7.05 Å². The van der Waals surface area contributed by atoms with Gasteiger partial charge in [0.15, 0.2) is 5.69 Å². The first kappa shape index (κ1) is 17.6. The molecule has 1 fully saturated rings. The summed E-state index contributed by atoms with van der Waals surface area (Å²) in [6.07, 6.45) is -0.346. The van der Waals surface area contributed by atoms with Gasteiger partial charge in [-0.1, -0.05) is 26.0 Å². The number of morpholine rings is 1. The van der Waals surface area contributed by atoms with Crippen molar-refractivity contribution >= 4 is 5.91 Å². The van der Waals surface area contributed by atoms with Crippen LogP contribution in [0.5, 0.6) is 0 Å². The molecule has 0 aliphatic carbocycles. The van der Waals surface area contributed by atoms with Gasteiger partial charge in [0.2, 0.25) is 0 Å². The largest absolute Gasteiger partial charge is 0.370 e. The van der Waals surface area contributed by atoms with Crippen LogP contribution >= 0.6 is 0 Å². The van der Waals surface area contributed by atoms with Gasteiger partial charge in [-0.05, 0) is 36.6 Å². The molecule has 1 amide bonds. The summed E-state index contributed by atoms with van der Waals surface area (Å²) in [4.78, 5) is 14.7. The average Bonchev–Trinajstić information content (AvgIpc) is 2.96. The first-order valence-electron chi connectivity index (χ1n) is 8.60. The Kier molecular flexibility index (Phi) is 4.90. The van der Waals surface area contributed by atoms with Gasteiger partial charge in [-0.25, -0.2) is 4.39 Å². The van der Waals surface area contributed by atoms with Crippen LogP contribution in [0, 0.1) is 5.82 Å². The van der Waals surface area contributed by atoms with E-state index in [2.05, 4.69) is 18.9 Å². The summed E-state index contributed by atoms with van der Waals surface area (Å²) < 4.78 is 21.1. The molecule has 1 aliphatic heterocycles. The molecule has 0 bridgehead atoms. The number of aromatic nitrogens is 2. The van der Waals surface area contributed by atoms with Crippen LogP contribution in [0.3, 0.4) is 0 Å². The van der Waals surface area contributed by atoms with E-state index in [-0.39, 0.29) is 23.9 Å². The number of nitrogens with zero attached hydrogens (tertiary/aromatic N) is 3. The second-order valence-corrected chi connectivity index (χ2v) is 6.82. The van der Waals surface area contributed by atoms with E-state index in [4.69, 9.17) is 4.74 Å². The SMILES string of the molecule is CC(C)c1cc(C(=O)N2CCO[C@H](c3cccc(F)c3)[C@H]2C)nn1C. The van der Waals surface area contributed by atoms with Gasteiger partial charge in [0.05, 0.1) is 12.6 Å². The van der Waals surface area contributed by atoms with Crippen molar-refractivity contribution in [2.75, 3.05) is 13.2 Å². The van der Waals surface area contributed by atoms with Gasteiger partial charge in [-0.2, -0.15) is 5.10 Å². The maximum Gasteiger partial charge on any atom is 0.274 e. The van der Waals surface area contributed by atoms with Crippen molar-refractivity contribution in [3.8, 4) is 0 Å². The Morgan fingerprint density at radius 3 is 2.76 bits per heavy atom. The zero-order valence-corrected chi connectivity index (χ0v) is 15.1. The monoisotopic (exact) mass is 345 g/mol. The van der Waals surface area contributed by atoms with E-state index >= 15 is 0 Å². The van der Waals surface area contributed by atoms with Crippen LogP contribution in [0.25, 0.3) is 0 Å². The van der Waals surface area contributed by atoms with E-state index in [0.717, 1.165) is 11.3 Å². The topological polar surface area (TPSA) is 47.4 Å². The van der Waals surface area contributed by atoms with Crippen LogP contribution in [0.1, 0.15) is 54.5 Å². The molecule has 0 radical (unpaired) electrons. The Morgan fingerprint density at radius 1 is 1.36 bits per heavy atom. The molecule has 2 aromatic rings. The van der Waals surface area contributed by atoms with E-state index in [1.54, 1.807) is 15.6 Å². The van der Waals surface area contributed by atoms with Crippen LogP contribution in [0.4, 0.5) is 4.39 Å². The molecule has 2 atom stereocenters. The predicted octanol–water partition coefficient (Wildman–Crippen LogP) is 3.28. The Morgan fingerprint density at radius 2 is 2.12 bits per heavy atom. The predicted molar refractivity (Wildman–Crippen MR) is 92.9 cm³/mol. The van der Waals surface area contributed by atoms with E-state index in [9.17, 15) is 9.18 Å². The smallest absolute Gasteiger partial charge is 0.274 e. The van der Waals surface area contributed by atoms with Crippen LogP contribution in [-0.2, 0) is 11.8 Å². The van der Waals surface area contributed by atoms with Crippen molar-refractivity contribution in [2.45, 2.75) is 38.8 Å². The second-order valence-electron chi connectivity index (χ2n) is 6.82. The molecule has 6 heteroatoms. The third kappa shape index (κ3) is 3.44. The Bertz CT molecular complexity index is 772. The fraction of sp³-hybridized carbons (Fsp3) is 0.474. The summed E-state index contributed by atoms with van der Waals surface area (Å²) in [5, 5.41) is 4.38. The van der Waals surface area contributed by atoms with Crippen molar-refractivity contribution in [3.63, 3.8) is 0 Å². The zero-order chi connectivity index (χ0) is 18.1.